The molecule has 3 rings (SSSR count). The summed E-state index contributed by atoms with van der Waals surface area (Å²) in [7, 11) is -2.56. The number of nitrogens with zero attached hydrogens (tertiary/aromatic N) is 4. The average molecular weight is 429 g/mol. The van der Waals surface area contributed by atoms with E-state index in [1.54, 1.807) is 7.05 Å². The first-order valence-corrected chi connectivity index (χ1v) is 9.60. The second-order valence-electron chi connectivity index (χ2n) is 6.00. The average Bonchev–Trinajstić information content (AvgIpc) is 3.09. The lowest BCUT2D eigenvalue weighted by Crippen LogP contribution is -2.21. The number of anilines is 2. The highest BCUT2D eigenvalue weighted by atomic mass is 32.2. The fraction of sp³-hybridized carbons (Fsp3) is 0.176. The molecule has 2 heterocycles. The highest BCUT2D eigenvalue weighted by Gasteiger charge is 2.18. The smallest absolute Gasteiger partial charge is 0.319 e. The Bertz CT molecular complexity index is 1080. The molecular weight excluding hydrogens is 414 g/mol. The van der Waals surface area contributed by atoms with E-state index in [4.69, 9.17) is 0 Å². The van der Waals surface area contributed by atoms with Gasteiger partial charge < -0.3 is 4.90 Å². The van der Waals surface area contributed by atoms with Crippen molar-refractivity contribution < 1.29 is 26.0 Å². The Kier molecular flexibility index (Phi) is 5.73. The van der Waals surface area contributed by atoms with Crippen molar-refractivity contribution >= 4 is 21.5 Å². The third-order valence-electron chi connectivity index (χ3n) is 3.87. The predicted molar refractivity (Wildman–Crippen MR) is 97.0 cm³/mol. The van der Waals surface area contributed by atoms with Crippen LogP contribution in [-0.2, 0) is 16.6 Å². The molecule has 0 saturated heterocycles. The number of halogens is 4. The molecule has 29 heavy (non-hydrogen) atoms. The molecule has 7 nitrogen and oxygen atoms in total. The number of rotatable bonds is 7. The van der Waals surface area contributed by atoms with Gasteiger partial charge in [0.2, 0.25) is 0 Å². The molecule has 2 aromatic heterocycles. The monoisotopic (exact) mass is 429 g/mol. The van der Waals surface area contributed by atoms with Gasteiger partial charge >= 0.3 is 6.55 Å². The van der Waals surface area contributed by atoms with E-state index in [1.807, 2.05) is 0 Å². The number of benzene rings is 1. The molecule has 0 radical (unpaired) electrons. The maximum atomic E-state index is 13.2. The van der Waals surface area contributed by atoms with Crippen LogP contribution in [0.1, 0.15) is 12.4 Å². The highest BCUT2D eigenvalue weighted by Crippen LogP contribution is 2.21. The molecule has 0 unspecified atom stereocenters. The van der Waals surface area contributed by atoms with Gasteiger partial charge in [0.1, 0.15) is 28.2 Å². The molecule has 1 aromatic carbocycles. The van der Waals surface area contributed by atoms with Crippen LogP contribution in [0.15, 0.2) is 53.8 Å². The van der Waals surface area contributed by atoms with Crippen molar-refractivity contribution in [3.05, 3.63) is 66.4 Å². The van der Waals surface area contributed by atoms with Gasteiger partial charge in [0, 0.05) is 31.7 Å². The van der Waals surface area contributed by atoms with Gasteiger partial charge in [0.25, 0.3) is 10.0 Å². The summed E-state index contributed by atoms with van der Waals surface area (Å²) in [6.45, 7) is -2.72. The largest absolute Gasteiger partial charge is 0.352 e. The SMILES string of the molecule is CN(Cc1nccn1C(F)F)c1ccc(S(=O)(=O)Nc2cc(F)cc(F)c2)cn1. The van der Waals surface area contributed by atoms with E-state index >= 15 is 0 Å². The summed E-state index contributed by atoms with van der Waals surface area (Å²) < 4.78 is 79.8. The minimum atomic E-state index is -4.14. The van der Waals surface area contributed by atoms with Crippen LogP contribution in [0, 0.1) is 11.6 Å². The van der Waals surface area contributed by atoms with Crippen LogP contribution in [0.25, 0.3) is 0 Å². The van der Waals surface area contributed by atoms with Crippen LogP contribution in [0.3, 0.4) is 0 Å². The van der Waals surface area contributed by atoms with Gasteiger partial charge in [-0.1, -0.05) is 0 Å². The Labute approximate surface area is 163 Å². The standard InChI is InChI=1S/C17H15F4N5O2S/c1-25(10-16-22-4-5-26(16)17(20)21)15-3-2-14(9-23-15)29(27,28)24-13-7-11(18)6-12(19)8-13/h2-9,17,24H,10H2,1H3. The molecule has 0 amide bonds. The fourth-order valence-electron chi connectivity index (χ4n) is 2.52. The van der Waals surface area contributed by atoms with Crippen LogP contribution in [0.4, 0.5) is 29.1 Å². The second kappa shape index (κ2) is 8.07. The van der Waals surface area contributed by atoms with E-state index in [2.05, 4.69) is 14.7 Å². The number of nitrogens with one attached hydrogen (secondary N) is 1. The van der Waals surface area contributed by atoms with Crippen molar-refractivity contribution in [3.63, 3.8) is 0 Å². The topological polar surface area (TPSA) is 80.1 Å². The first-order valence-electron chi connectivity index (χ1n) is 8.11. The van der Waals surface area contributed by atoms with Crippen LogP contribution >= 0.6 is 0 Å². The Hall–Kier alpha value is -3.15. The number of alkyl halides is 2. The van der Waals surface area contributed by atoms with Crippen molar-refractivity contribution in [2.45, 2.75) is 18.0 Å². The fourth-order valence-corrected chi connectivity index (χ4v) is 3.51. The molecule has 0 fully saturated rings. The van der Waals surface area contributed by atoms with Crippen molar-refractivity contribution in [2.24, 2.45) is 0 Å². The molecule has 0 aliphatic carbocycles. The summed E-state index contributed by atoms with van der Waals surface area (Å²) in [5.74, 6) is -1.44. The first-order chi connectivity index (χ1) is 13.7. The van der Waals surface area contributed by atoms with E-state index in [1.165, 1.54) is 23.2 Å². The van der Waals surface area contributed by atoms with E-state index in [9.17, 15) is 26.0 Å². The van der Waals surface area contributed by atoms with Crippen molar-refractivity contribution in [1.29, 1.82) is 0 Å². The molecule has 0 spiro atoms. The van der Waals surface area contributed by atoms with Crippen LogP contribution in [0.5, 0.6) is 0 Å². The third kappa shape index (κ3) is 4.83. The predicted octanol–water partition coefficient (Wildman–Crippen LogP) is 3.39. The molecule has 0 bridgehead atoms. The molecule has 0 saturated carbocycles. The van der Waals surface area contributed by atoms with Crippen LogP contribution < -0.4 is 9.62 Å². The molecule has 3 aromatic rings. The number of aromatic nitrogens is 3. The molecule has 1 N–H and O–H groups in total. The Morgan fingerprint density at radius 2 is 1.83 bits per heavy atom. The van der Waals surface area contributed by atoms with Gasteiger partial charge in [-0.3, -0.25) is 9.29 Å². The summed E-state index contributed by atoms with van der Waals surface area (Å²) >= 11 is 0. The normalized spacial score (nSPS) is 11.7. The van der Waals surface area contributed by atoms with Crippen molar-refractivity contribution in [2.75, 3.05) is 16.7 Å². The van der Waals surface area contributed by atoms with Crippen molar-refractivity contribution in [3.8, 4) is 0 Å². The van der Waals surface area contributed by atoms with Crippen LogP contribution in [-0.4, -0.2) is 30.0 Å². The highest BCUT2D eigenvalue weighted by molar-refractivity contribution is 7.92. The van der Waals surface area contributed by atoms with Gasteiger partial charge in [-0.25, -0.2) is 27.2 Å². The Balaban J connectivity index is 1.75. The third-order valence-corrected chi connectivity index (χ3v) is 5.24. The zero-order valence-electron chi connectivity index (χ0n) is 14.9. The summed E-state index contributed by atoms with van der Waals surface area (Å²) in [5.41, 5.74) is -0.275. The van der Waals surface area contributed by atoms with Gasteiger partial charge in [0.15, 0.2) is 0 Å². The van der Waals surface area contributed by atoms with Crippen molar-refractivity contribution in [1.82, 2.24) is 14.5 Å². The summed E-state index contributed by atoms with van der Waals surface area (Å²) in [4.78, 5) is 9.14. The van der Waals surface area contributed by atoms with Gasteiger partial charge in [-0.2, -0.15) is 8.78 Å². The van der Waals surface area contributed by atoms with Gasteiger partial charge in [-0.05, 0) is 24.3 Å². The summed E-state index contributed by atoms with van der Waals surface area (Å²) in [6, 6.07) is 4.89. The number of sulfonamides is 1. The second-order valence-corrected chi connectivity index (χ2v) is 7.68. The molecule has 0 aliphatic heterocycles. The van der Waals surface area contributed by atoms with E-state index in [0.29, 0.717) is 16.5 Å². The van der Waals surface area contributed by atoms with Crippen LogP contribution in [0.2, 0.25) is 0 Å². The first kappa shape index (κ1) is 20.6. The number of hydrogen-bond donors (Lipinski definition) is 1. The molecular formula is C17H15F4N5O2S. The molecule has 0 atom stereocenters. The number of imidazole rings is 1. The lowest BCUT2D eigenvalue weighted by Gasteiger charge is -2.18. The summed E-state index contributed by atoms with van der Waals surface area (Å²) in [5, 5.41) is 0. The molecule has 0 aliphatic rings. The lowest BCUT2D eigenvalue weighted by molar-refractivity contribution is 0.0670. The van der Waals surface area contributed by atoms with Gasteiger partial charge in [0.05, 0.1) is 12.2 Å². The Morgan fingerprint density at radius 3 is 2.41 bits per heavy atom. The van der Waals surface area contributed by atoms with E-state index < -0.39 is 28.2 Å². The zero-order valence-corrected chi connectivity index (χ0v) is 15.7. The quantitative estimate of drug-likeness (QED) is 0.583. The molecule has 12 heteroatoms. The summed E-state index contributed by atoms with van der Waals surface area (Å²) in [6.07, 6.45) is 3.45. The van der Waals surface area contributed by atoms with Gasteiger partial charge in [-0.15, -0.1) is 0 Å². The minimum absolute atomic E-state index is 0.0112. The van der Waals surface area contributed by atoms with E-state index in [-0.39, 0.29) is 23.0 Å². The van der Waals surface area contributed by atoms with E-state index in [0.717, 1.165) is 24.5 Å². The maximum absolute atomic E-state index is 13.2. The maximum Gasteiger partial charge on any atom is 0.319 e. The molecule has 154 valence electrons. The number of pyridine rings is 1. The Morgan fingerprint density at radius 1 is 1.14 bits per heavy atom. The minimum Gasteiger partial charge on any atom is -0.352 e. The number of hydrogen-bond acceptors (Lipinski definition) is 5. The lowest BCUT2D eigenvalue weighted by atomic mass is 10.3. The zero-order chi connectivity index (χ0) is 21.2.